The summed E-state index contributed by atoms with van der Waals surface area (Å²) in [5, 5.41) is 0. The lowest BCUT2D eigenvalue weighted by Gasteiger charge is -2.18. The summed E-state index contributed by atoms with van der Waals surface area (Å²) in [6.07, 6.45) is 0. The van der Waals surface area contributed by atoms with Crippen LogP contribution >= 0.6 is 0 Å². The molecule has 26 heavy (non-hydrogen) atoms. The zero-order valence-corrected chi connectivity index (χ0v) is 15.2. The molecule has 7 heteroatoms. The van der Waals surface area contributed by atoms with Gasteiger partial charge in [-0.1, -0.05) is 30.4 Å². The van der Waals surface area contributed by atoms with E-state index in [1.54, 1.807) is 14.0 Å². The van der Waals surface area contributed by atoms with E-state index in [0.717, 1.165) is 23.4 Å². The van der Waals surface area contributed by atoms with Crippen LogP contribution in [-0.4, -0.2) is 25.2 Å². The first kappa shape index (κ1) is 16.4. The second-order valence-corrected chi connectivity index (χ2v) is 6.86. The molecule has 1 aliphatic heterocycles. The SMILES string of the molecule is C=C(C)Cn1c(=O)c2c(nc3n2CCN3c2ccccc2C)n(C)c1=O. The number of fused-ring (bicyclic) bond motifs is 3. The van der Waals surface area contributed by atoms with Gasteiger partial charge in [-0.15, -0.1) is 0 Å². The van der Waals surface area contributed by atoms with Crippen LogP contribution in [0.5, 0.6) is 0 Å². The highest BCUT2D eigenvalue weighted by molar-refractivity contribution is 5.78. The van der Waals surface area contributed by atoms with Crippen molar-refractivity contribution >= 4 is 22.8 Å². The highest BCUT2D eigenvalue weighted by atomic mass is 16.2. The first-order chi connectivity index (χ1) is 12.4. The van der Waals surface area contributed by atoms with E-state index in [1.165, 1.54) is 9.13 Å². The van der Waals surface area contributed by atoms with Crippen molar-refractivity contribution in [3.63, 3.8) is 0 Å². The molecule has 3 heterocycles. The molecule has 0 saturated heterocycles. The Labute approximate surface area is 150 Å². The maximum atomic E-state index is 13.0. The molecule has 0 aliphatic carbocycles. The van der Waals surface area contributed by atoms with E-state index < -0.39 is 0 Å². The average Bonchev–Trinajstić information content (AvgIpc) is 3.16. The van der Waals surface area contributed by atoms with Gasteiger partial charge in [0.2, 0.25) is 5.95 Å². The molecule has 0 unspecified atom stereocenters. The Morgan fingerprint density at radius 1 is 1.23 bits per heavy atom. The van der Waals surface area contributed by atoms with Gasteiger partial charge < -0.3 is 9.47 Å². The molecule has 7 nitrogen and oxygen atoms in total. The lowest BCUT2D eigenvalue weighted by Crippen LogP contribution is -2.39. The monoisotopic (exact) mass is 351 g/mol. The average molecular weight is 351 g/mol. The molecular formula is C19H21N5O2. The summed E-state index contributed by atoms with van der Waals surface area (Å²) < 4.78 is 4.59. The highest BCUT2D eigenvalue weighted by Crippen LogP contribution is 2.33. The number of hydrogen-bond donors (Lipinski definition) is 0. The Balaban J connectivity index is 1.99. The first-order valence-corrected chi connectivity index (χ1v) is 8.57. The molecule has 3 aromatic rings. The topological polar surface area (TPSA) is 65.1 Å². The fourth-order valence-corrected chi connectivity index (χ4v) is 3.58. The molecule has 0 amide bonds. The molecule has 0 saturated carbocycles. The number of rotatable bonds is 3. The van der Waals surface area contributed by atoms with Crippen molar-refractivity contribution in [2.75, 3.05) is 11.4 Å². The van der Waals surface area contributed by atoms with Crippen LogP contribution in [-0.2, 0) is 20.1 Å². The van der Waals surface area contributed by atoms with Crippen molar-refractivity contribution in [2.24, 2.45) is 7.05 Å². The highest BCUT2D eigenvalue weighted by Gasteiger charge is 2.29. The van der Waals surface area contributed by atoms with E-state index >= 15 is 0 Å². The molecular weight excluding hydrogens is 330 g/mol. The Kier molecular flexibility index (Phi) is 3.61. The van der Waals surface area contributed by atoms with Gasteiger partial charge in [0.1, 0.15) is 0 Å². The quantitative estimate of drug-likeness (QED) is 0.677. The van der Waals surface area contributed by atoms with Crippen LogP contribution in [0.15, 0.2) is 46.0 Å². The Morgan fingerprint density at radius 2 is 1.96 bits per heavy atom. The molecule has 0 spiro atoms. The van der Waals surface area contributed by atoms with E-state index in [2.05, 4.69) is 29.5 Å². The van der Waals surface area contributed by atoms with Gasteiger partial charge in [0.05, 0.1) is 6.54 Å². The van der Waals surface area contributed by atoms with E-state index in [-0.39, 0.29) is 17.8 Å². The van der Waals surface area contributed by atoms with Gasteiger partial charge in [-0.3, -0.25) is 13.9 Å². The van der Waals surface area contributed by atoms with Crippen LogP contribution in [0.4, 0.5) is 11.6 Å². The molecule has 4 rings (SSSR count). The third-order valence-electron chi connectivity index (χ3n) is 4.84. The molecule has 0 N–H and O–H groups in total. The van der Waals surface area contributed by atoms with Crippen LogP contribution < -0.4 is 16.1 Å². The summed E-state index contributed by atoms with van der Waals surface area (Å²) in [6, 6.07) is 8.08. The van der Waals surface area contributed by atoms with Crippen molar-refractivity contribution in [1.82, 2.24) is 18.7 Å². The van der Waals surface area contributed by atoms with E-state index in [0.29, 0.717) is 23.7 Å². The molecule has 0 bridgehead atoms. The number of anilines is 2. The lowest BCUT2D eigenvalue weighted by atomic mass is 10.2. The van der Waals surface area contributed by atoms with Gasteiger partial charge >= 0.3 is 5.69 Å². The summed E-state index contributed by atoms with van der Waals surface area (Å²) in [5.41, 5.74) is 3.17. The van der Waals surface area contributed by atoms with E-state index in [9.17, 15) is 9.59 Å². The van der Waals surface area contributed by atoms with Crippen LogP contribution in [0.25, 0.3) is 11.2 Å². The van der Waals surface area contributed by atoms with Crippen molar-refractivity contribution < 1.29 is 0 Å². The van der Waals surface area contributed by atoms with Crippen LogP contribution in [0.1, 0.15) is 12.5 Å². The molecule has 1 aliphatic rings. The standard InChI is InChI=1S/C19H21N5O2/c1-12(2)11-24-17(25)15-16(21(4)19(24)26)20-18-22(9-10-23(15)18)14-8-6-5-7-13(14)3/h5-8H,1,9-11H2,2-4H3. The number of aromatic nitrogens is 4. The van der Waals surface area contributed by atoms with Gasteiger partial charge in [-0.05, 0) is 25.5 Å². The minimum absolute atomic E-state index is 0.212. The van der Waals surface area contributed by atoms with Gasteiger partial charge in [0.15, 0.2) is 11.2 Å². The first-order valence-electron chi connectivity index (χ1n) is 8.57. The summed E-state index contributed by atoms with van der Waals surface area (Å²) in [4.78, 5) is 32.3. The third-order valence-corrected chi connectivity index (χ3v) is 4.84. The smallest absolute Gasteiger partial charge is 0.310 e. The largest absolute Gasteiger partial charge is 0.332 e. The van der Waals surface area contributed by atoms with Crippen molar-refractivity contribution in [2.45, 2.75) is 26.9 Å². The van der Waals surface area contributed by atoms with Crippen molar-refractivity contribution in [3.05, 3.63) is 62.8 Å². The van der Waals surface area contributed by atoms with Gasteiger partial charge in [-0.2, -0.15) is 4.98 Å². The molecule has 2 aromatic heterocycles. The summed E-state index contributed by atoms with van der Waals surface area (Å²) in [7, 11) is 1.65. The van der Waals surface area contributed by atoms with Crippen molar-refractivity contribution in [3.8, 4) is 0 Å². The second-order valence-electron chi connectivity index (χ2n) is 6.86. The summed E-state index contributed by atoms with van der Waals surface area (Å²) in [5.74, 6) is 0.703. The van der Waals surface area contributed by atoms with Crippen molar-refractivity contribution in [1.29, 1.82) is 0 Å². The number of para-hydroxylation sites is 1. The predicted molar refractivity (Wildman–Crippen MR) is 102 cm³/mol. The fourth-order valence-electron chi connectivity index (χ4n) is 3.58. The van der Waals surface area contributed by atoms with Crippen LogP contribution in [0, 0.1) is 6.92 Å². The number of allylic oxidation sites excluding steroid dienone is 1. The molecule has 0 fully saturated rings. The van der Waals surface area contributed by atoms with E-state index in [4.69, 9.17) is 0 Å². The Bertz CT molecular complexity index is 1170. The summed E-state index contributed by atoms with van der Waals surface area (Å²) in [6.45, 7) is 9.29. The number of aryl methyl sites for hydroxylation is 2. The molecule has 134 valence electrons. The van der Waals surface area contributed by atoms with Crippen LogP contribution in [0.2, 0.25) is 0 Å². The number of imidazole rings is 1. The van der Waals surface area contributed by atoms with Gasteiger partial charge in [-0.25, -0.2) is 4.79 Å². The molecule has 0 atom stereocenters. The van der Waals surface area contributed by atoms with Gasteiger partial charge in [0.25, 0.3) is 5.56 Å². The maximum absolute atomic E-state index is 13.0. The van der Waals surface area contributed by atoms with Crippen LogP contribution in [0.3, 0.4) is 0 Å². The zero-order chi connectivity index (χ0) is 18.6. The third kappa shape index (κ3) is 2.23. The predicted octanol–water partition coefficient (Wildman–Crippen LogP) is 1.93. The lowest BCUT2D eigenvalue weighted by molar-refractivity contribution is 0.647. The number of benzene rings is 1. The normalized spacial score (nSPS) is 13.4. The van der Waals surface area contributed by atoms with E-state index in [1.807, 2.05) is 22.8 Å². The molecule has 0 radical (unpaired) electrons. The second kappa shape index (κ2) is 5.72. The Morgan fingerprint density at radius 3 is 2.65 bits per heavy atom. The minimum atomic E-state index is -0.371. The van der Waals surface area contributed by atoms with Gasteiger partial charge in [0, 0.05) is 25.8 Å². The fraction of sp³-hybridized carbons (Fsp3) is 0.316. The maximum Gasteiger partial charge on any atom is 0.332 e. The summed E-state index contributed by atoms with van der Waals surface area (Å²) >= 11 is 0. The zero-order valence-electron chi connectivity index (χ0n) is 15.2. The number of nitrogens with zero attached hydrogens (tertiary/aromatic N) is 5. The number of hydrogen-bond acceptors (Lipinski definition) is 4. The minimum Gasteiger partial charge on any atom is -0.310 e. The Hall–Kier alpha value is -3.09. The molecule has 1 aromatic carbocycles.